The van der Waals surface area contributed by atoms with Crippen molar-refractivity contribution in [1.29, 1.82) is 0 Å². The van der Waals surface area contributed by atoms with E-state index in [-0.39, 0.29) is 17.7 Å². The van der Waals surface area contributed by atoms with Crippen LogP contribution in [0.3, 0.4) is 0 Å². The third-order valence-electron chi connectivity index (χ3n) is 4.21. The van der Waals surface area contributed by atoms with Crippen molar-refractivity contribution >= 4 is 29.3 Å². The van der Waals surface area contributed by atoms with E-state index < -0.39 is 0 Å². The van der Waals surface area contributed by atoms with Crippen LogP contribution in [0, 0.1) is 0 Å². The van der Waals surface area contributed by atoms with Gasteiger partial charge < -0.3 is 11.2 Å². The number of rotatable bonds is 8. The maximum atomic E-state index is 12.5. The van der Waals surface area contributed by atoms with Gasteiger partial charge in [0.2, 0.25) is 11.1 Å². The van der Waals surface area contributed by atoms with E-state index in [1.807, 2.05) is 42.5 Å². The average molecular weight is 416 g/mol. The van der Waals surface area contributed by atoms with Crippen LogP contribution in [-0.2, 0) is 4.79 Å². The summed E-state index contributed by atoms with van der Waals surface area (Å²) in [6.07, 6.45) is 1.86. The van der Waals surface area contributed by atoms with E-state index in [1.54, 1.807) is 12.1 Å². The quantitative estimate of drug-likeness (QED) is 0.428. The van der Waals surface area contributed by atoms with Crippen LogP contribution in [-0.4, -0.2) is 26.5 Å². The lowest BCUT2D eigenvalue weighted by Crippen LogP contribution is -2.30. The van der Waals surface area contributed by atoms with Crippen molar-refractivity contribution in [2.45, 2.75) is 31.0 Å². The first kappa shape index (κ1) is 20.2. The van der Waals surface area contributed by atoms with E-state index >= 15 is 0 Å². The van der Waals surface area contributed by atoms with Gasteiger partial charge in [0, 0.05) is 10.6 Å². The van der Waals surface area contributed by atoms with E-state index in [9.17, 15) is 4.79 Å². The molecule has 28 heavy (non-hydrogen) atoms. The minimum Gasteiger partial charge on any atom is -0.349 e. The molecule has 3 rings (SSSR count). The van der Waals surface area contributed by atoms with E-state index in [4.69, 9.17) is 17.4 Å². The molecule has 1 atom stereocenters. The van der Waals surface area contributed by atoms with Crippen LogP contribution >= 0.6 is 23.4 Å². The molecule has 0 spiro atoms. The Labute approximate surface area is 173 Å². The van der Waals surface area contributed by atoms with E-state index in [0.29, 0.717) is 16.0 Å². The lowest BCUT2D eigenvalue weighted by molar-refractivity contribution is -0.119. The predicted molar refractivity (Wildman–Crippen MR) is 114 cm³/mol. The van der Waals surface area contributed by atoms with Crippen molar-refractivity contribution < 1.29 is 4.79 Å². The molecular formula is C20H22ClN5OS. The first-order valence-corrected chi connectivity index (χ1v) is 10.4. The van der Waals surface area contributed by atoms with E-state index in [1.165, 1.54) is 16.4 Å². The lowest BCUT2D eigenvalue weighted by Gasteiger charge is -2.18. The van der Waals surface area contributed by atoms with Gasteiger partial charge in [-0.2, -0.15) is 0 Å². The Balaban J connectivity index is 1.62. The molecule has 1 heterocycles. The van der Waals surface area contributed by atoms with Gasteiger partial charge >= 0.3 is 0 Å². The fourth-order valence-electron chi connectivity index (χ4n) is 2.83. The first-order chi connectivity index (χ1) is 13.6. The van der Waals surface area contributed by atoms with Gasteiger partial charge in [0.1, 0.15) is 0 Å². The van der Waals surface area contributed by atoms with Gasteiger partial charge in [-0.15, -0.1) is 10.2 Å². The summed E-state index contributed by atoms with van der Waals surface area (Å²) in [6.45, 7) is 2.10. The molecule has 0 fully saturated rings. The highest BCUT2D eigenvalue weighted by Gasteiger charge is 2.16. The summed E-state index contributed by atoms with van der Waals surface area (Å²) < 4.78 is 1.39. The summed E-state index contributed by atoms with van der Waals surface area (Å²) in [5.41, 5.74) is 1.91. The zero-order valence-electron chi connectivity index (χ0n) is 15.5. The largest absolute Gasteiger partial charge is 0.349 e. The molecule has 8 heteroatoms. The van der Waals surface area contributed by atoms with Gasteiger partial charge in [0.05, 0.1) is 11.8 Å². The number of amides is 1. The number of nitrogen functional groups attached to an aromatic ring is 1. The van der Waals surface area contributed by atoms with Gasteiger partial charge in [-0.25, -0.2) is 4.68 Å². The standard InChI is InChI=1S/C20H22ClN5OS/c1-2-6-17(14-7-4-3-5-8-14)23-18(27)13-28-20-25-24-19(26(20)22)15-9-11-16(21)12-10-15/h3-5,7-12,17H,2,6,13,22H2,1H3,(H,23,27). The molecule has 0 aliphatic rings. The summed E-state index contributed by atoms with van der Waals surface area (Å²) >= 11 is 7.17. The second-order valence-electron chi connectivity index (χ2n) is 6.29. The summed E-state index contributed by atoms with van der Waals surface area (Å²) in [7, 11) is 0. The van der Waals surface area contributed by atoms with Crippen LogP contribution in [0.2, 0.25) is 5.02 Å². The minimum atomic E-state index is -0.0663. The van der Waals surface area contributed by atoms with Crippen LogP contribution in [0.1, 0.15) is 31.4 Å². The molecule has 6 nitrogen and oxygen atoms in total. The smallest absolute Gasteiger partial charge is 0.230 e. The van der Waals surface area contributed by atoms with Crippen LogP contribution in [0.5, 0.6) is 0 Å². The number of carbonyl (C=O) groups is 1. The predicted octanol–water partition coefficient (Wildman–Crippen LogP) is 4.06. The number of hydrogen-bond donors (Lipinski definition) is 2. The molecule has 0 saturated heterocycles. The Morgan fingerprint density at radius 1 is 1.18 bits per heavy atom. The first-order valence-electron chi connectivity index (χ1n) is 9.02. The van der Waals surface area contributed by atoms with Crippen LogP contribution in [0.25, 0.3) is 11.4 Å². The Kier molecular flexibility index (Phi) is 6.95. The lowest BCUT2D eigenvalue weighted by atomic mass is 10.0. The number of hydrogen-bond acceptors (Lipinski definition) is 5. The summed E-state index contributed by atoms with van der Waals surface area (Å²) in [5.74, 6) is 6.77. The number of thioether (sulfide) groups is 1. The van der Waals surface area contributed by atoms with Crippen molar-refractivity contribution in [2.75, 3.05) is 11.6 Å². The van der Waals surface area contributed by atoms with Crippen molar-refractivity contribution in [3.05, 3.63) is 65.2 Å². The number of carbonyl (C=O) groups excluding carboxylic acids is 1. The van der Waals surface area contributed by atoms with Crippen molar-refractivity contribution in [3.8, 4) is 11.4 Å². The van der Waals surface area contributed by atoms with Gasteiger partial charge in [-0.3, -0.25) is 4.79 Å². The average Bonchev–Trinajstić information content (AvgIpc) is 3.08. The SMILES string of the molecule is CCCC(NC(=O)CSc1nnc(-c2ccc(Cl)cc2)n1N)c1ccccc1. The third-order valence-corrected chi connectivity index (χ3v) is 5.41. The Morgan fingerprint density at radius 2 is 1.89 bits per heavy atom. The molecule has 0 saturated carbocycles. The molecule has 0 radical (unpaired) electrons. The number of aromatic nitrogens is 3. The van der Waals surface area contributed by atoms with E-state index in [2.05, 4.69) is 22.4 Å². The number of halogens is 1. The maximum absolute atomic E-state index is 12.5. The molecule has 1 aromatic heterocycles. The van der Waals surface area contributed by atoms with Crippen molar-refractivity contribution in [3.63, 3.8) is 0 Å². The highest BCUT2D eigenvalue weighted by Crippen LogP contribution is 2.23. The number of nitrogens with two attached hydrogens (primary N) is 1. The van der Waals surface area contributed by atoms with E-state index in [0.717, 1.165) is 24.0 Å². The molecule has 3 aromatic rings. The highest BCUT2D eigenvalue weighted by atomic mass is 35.5. The van der Waals surface area contributed by atoms with Gasteiger partial charge in [0.25, 0.3) is 0 Å². The van der Waals surface area contributed by atoms with Crippen LogP contribution in [0.4, 0.5) is 0 Å². The Bertz CT molecular complexity index is 914. The maximum Gasteiger partial charge on any atom is 0.230 e. The molecule has 1 amide bonds. The van der Waals surface area contributed by atoms with Crippen LogP contribution < -0.4 is 11.2 Å². The molecule has 0 aliphatic carbocycles. The third kappa shape index (κ3) is 5.05. The second kappa shape index (κ2) is 9.61. The highest BCUT2D eigenvalue weighted by molar-refractivity contribution is 7.99. The normalized spacial score (nSPS) is 11.9. The summed E-state index contributed by atoms with van der Waals surface area (Å²) in [6, 6.07) is 17.2. The summed E-state index contributed by atoms with van der Waals surface area (Å²) in [4.78, 5) is 12.5. The zero-order chi connectivity index (χ0) is 19.9. The molecule has 2 aromatic carbocycles. The molecular weight excluding hydrogens is 394 g/mol. The monoisotopic (exact) mass is 415 g/mol. The fourth-order valence-corrected chi connectivity index (χ4v) is 3.63. The molecule has 0 bridgehead atoms. The number of nitrogens with zero attached hydrogens (tertiary/aromatic N) is 3. The summed E-state index contributed by atoms with van der Waals surface area (Å²) in [5, 5.41) is 12.4. The Morgan fingerprint density at radius 3 is 2.57 bits per heavy atom. The van der Waals surface area contributed by atoms with Crippen LogP contribution in [0.15, 0.2) is 59.8 Å². The van der Waals surface area contributed by atoms with Crippen molar-refractivity contribution in [2.24, 2.45) is 0 Å². The second-order valence-corrected chi connectivity index (χ2v) is 7.67. The molecule has 1 unspecified atom stereocenters. The van der Waals surface area contributed by atoms with Gasteiger partial charge in [-0.1, -0.05) is 67.0 Å². The fraction of sp³-hybridized carbons (Fsp3) is 0.250. The van der Waals surface area contributed by atoms with Gasteiger partial charge in [0.15, 0.2) is 5.82 Å². The zero-order valence-corrected chi connectivity index (χ0v) is 17.1. The molecule has 146 valence electrons. The molecule has 3 N–H and O–H groups in total. The topological polar surface area (TPSA) is 85.8 Å². The number of nitrogens with one attached hydrogen (secondary N) is 1. The van der Waals surface area contributed by atoms with Crippen molar-refractivity contribution in [1.82, 2.24) is 20.2 Å². The Hall–Kier alpha value is -2.51. The van der Waals surface area contributed by atoms with Gasteiger partial charge in [-0.05, 0) is 36.2 Å². The number of benzene rings is 2. The molecule has 0 aliphatic heterocycles. The minimum absolute atomic E-state index is 0.000301.